The van der Waals surface area contributed by atoms with Crippen molar-refractivity contribution in [2.24, 2.45) is 0 Å². The molecule has 32 heavy (non-hydrogen) atoms. The van der Waals surface area contributed by atoms with Gasteiger partial charge in [-0.1, -0.05) is 23.8 Å². The van der Waals surface area contributed by atoms with Crippen LogP contribution in [0.4, 0.5) is 15.8 Å². The molecule has 0 bridgehead atoms. The zero-order valence-corrected chi connectivity index (χ0v) is 19.1. The highest BCUT2D eigenvalue weighted by molar-refractivity contribution is 7.92. The predicted octanol–water partition coefficient (Wildman–Crippen LogP) is 5.14. The zero-order chi connectivity index (χ0) is 23.0. The van der Waals surface area contributed by atoms with E-state index < -0.39 is 15.8 Å². The summed E-state index contributed by atoms with van der Waals surface area (Å²) in [5.41, 5.74) is 5.43. The number of aryl methyl sites for hydroxylation is 4. The summed E-state index contributed by atoms with van der Waals surface area (Å²) in [6.07, 6.45) is 1.43. The molecule has 3 aromatic carbocycles. The van der Waals surface area contributed by atoms with Crippen molar-refractivity contribution in [3.63, 3.8) is 0 Å². The van der Waals surface area contributed by atoms with Gasteiger partial charge >= 0.3 is 0 Å². The average Bonchev–Trinajstić information content (AvgIpc) is 2.72. The summed E-state index contributed by atoms with van der Waals surface area (Å²) in [5, 5.41) is 2.92. The van der Waals surface area contributed by atoms with E-state index in [-0.39, 0.29) is 10.8 Å². The van der Waals surface area contributed by atoms with Gasteiger partial charge in [-0.05, 0) is 86.7 Å². The van der Waals surface area contributed by atoms with Gasteiger partial charge < -0.3 is 5.32 Å². The fourth-order valence-corrected chi connectivity index (χ4v) is 5.87. The lowest BCUT2D eigenvalue weighted by molar-refractivity contribution is 0.102. The van der Waals surface area contributed by atoms with Crippen LogP contribution in [0, 0.1) is 26.6 Å². The molecular weight excluding hydrogens is 427 g/mol. The molecule has 0 aliphatic carbocycles. The molecule has 1 heterocycles. The van der Waals surface area contributed by atoms with Crippen LogP contribution in [0.3, 0.4) is 0 Å². The normalized spacial score (nSPS) is 13.6. The van der Waals surface area contributed by atoms with E-state index in [9.17, 15) is 17.6 Å². The first kappa shape index (κ1) is 22.0. The minimum atomic E-state index is -3.85. The van der Waals surface area contributed by atoms with E-state index in [0.717, 1.165) is 40.8 Å². The number of nitrogens with zero attached hydrogens (tertiary/aromatic N) is 1. The molecule has 1 aliphatic rings. The van der Waals surface area contributed by atoms with E-state index >= 15 is 0 Å². The minimum Gasteiger partial charge on any atom is -0.322 e. The van der Waals surface area contributed by atoms with Crippen LogP contribution < -0.4 is 9.62 Å². The monoisotopic (exact) mass is 452 g/mol. The number of carbonyl (C=O) groups excluding carboxylic acids is 1. The lowest BCUT2D eigenvalue weighted by atomic mass is 9.99. The van der Waals surface area contributed by atoms with Crippen molar-refractivity contribution in [1.82, 2.24) is 0 Å². The van der Waals surface area contributed by atoms with Crippen LogP contribution in [0.15, 0.2) is 59.5 Å². The molecule has 0 aromatic heterocycles. The molecular formula is C25H25FN2O3S. The third-order valence-electron chi connectivity index (χ3n) is 5.72. The molecule has 0 saturated carbocycles. The van der Waals surface area contributed by atoms with Crippen molar-refractivity contribution in [1.29, 1.82) is 0 Å². The minimum absolute atomic E-state index is 0.0343. The summed E-state index contributed by atoms with van der Waals surface area (Å²) in [7, 11) is -3.85. The molecule has 0 atom stereocenters. The van der Waals surface area contributed by atoms with Gasteiger partial charge in [0.1, 0.15) is 5.82 Å². The van der Waals surface area contributed by atoms with E-state index in [1.54, 1.807) is 12.1 Å². The first-order valence-electron chi connectivity index (χ1n) is 10.5. The number of amides is 1. The highest BCUT2D eigenvalue weighted by Gasteiger charge is 2.29. The summed E-state index contributed by atoms with van der Waals surface area (Å²) >= 11 is 0. The molecule has 4 rings (SSSR count). The second-order valence-electron chi connectivity index (χ2n) is 8.21. The number of fused-ring (bicyclic) bond motifs is 1. The van der Waals surface area contributed by atoms with Gasteiger partial charge in [-0.3, -0.25) is 9.10 Å². The smallest absolute Gasteiger partial charge is 0.264 e. The number of hydrogen-bond acceptors (Lipinski definition) is 3. The Balaban J connectivity index is 1.68. The Hall–Kier alpha value is -3.19. The summed E-state index contributed by atoms with van der Waals surface area (Å²) < 4.78 is 41.2. The maximum atomic E-state index is 13.3. The van der Waals surface area contributed by atoms with E-state index in [1.807, 2.05) is 39.0 Å². The molecule has 0 fully saturated rings. The fourth-order valence-electron chi connectivity index (χ4n) is 4.33. The Morgan fingerprint density at radius 2 is 1.62 bits per heavy atom. The van der Waals surface area contributed by atoms with Gasteiger partial charge in [-0.2, -0.15) is 0 Å². The van der Waals surface area contributed by atoms with Crippen molar-refractivity contribution in [2.75, 3.05) is 16.2 Å². The van der Waals surface area contributed by atoms with E-state index in [4.69, 9.17) is 0 Å². The number of nitrogens with one attached hydrogen (secondary N) is 1. The standard InChI is InChI=1S/C25H25FN2O3S/c1-16-13-17(2)24(18(3)14-16)25(29)27-21-9-6-19-5-4-12-28(23(19)15-21)32(30,31)22-10-7-20(26)8-11-22/h6-11,13-15H,4-5,12H2,1-3H3,(H,27,29). The molecule has 1 aliphatic heterocycles. The molecule has 0 radical (unpaired) electrons. The van der Waals surface area contributed by atoms with Crippen molar-refractivity contribution in [3.8, 4) is 0 Å². The first-order chi connectivity index (χ1) is 15.2. The molecule has 7 heteroatoms. The van der Waals surface area contributed by atoms with Crippen LogP contribution >= 0.6 is 0 Å². The van der Waals surface area contributed by atoms with Crippen LogP contribution in [-0.2, 0) is 16.4 Å². The number of carbonyl (C=O) groups is 1. The lowest BCUT2D eigenvalue weighted by Gasteiger charge is -2.31. The maximum absolute atomic E-state index is 13.3. The topological polar surface area (TPSA) is 66.5 Å². The van der Waals surface area contributed by atoms with E-state index in [0.29, 0.717) is 29.9 Å². The predicted molar refractivity (Wildman–Crippen MR) is 124 cm³/mol. The Morgan fingerprint density at radius 3 is 2.28 bits per heavy atom. The molecule has 0 spiro atoms. The fraction of sp³-hybridized carbons (Fsp3) is 0.240. The van der Waals surface area contributed by atoms with Crippen molar-refractivity contribution in [2.45, 2.75) is 38.5 Å². The van der Waals surface area contributed by atoms with Crippen LogP contribution in [0.25, 0.3) is 0 Å². The molecule has 0 unspecified atom stereocenters. The third kappa shape index (κ3) is 4.12. The Kier molecular flexibility index (Phi) is 5.77. The van der Waals surface area contributed by atoms with Gasteiger partial charge in [0.25, 0.3) is 15.9 Å². The van der Waals surface area contributed by atoms with Crippen LogP contribution in [-0.4, -0.2) is 20.9 Å². The first-order valence-corrected chi connectivity index (χ1v) is 11.9. The number of benzene rings is 3. The molecule has 3 aromatic rings. The van der Waals surface area contributed by atoms with Crippen molar-refractivity contribution in [3.05, 3.63) is 88.2 Å². The summed E-state index contributed by atoms with van der Waals surface area (Å²) in [4.78, 5) is 13.0. The van der Waals surface area contributed by atoms with Gasteiger partial charge in [0, 0.05) is 17.8 Å². The molecule has 1 amide bonds. The quantitative estimate of drug-likeness (QED) is 0.596. The van der Waals surface area contributed by atoms with Gasteiger partial charge in [0.2, 0.25) is 0 Å². The second kappa shape index (κ2) is 8.39. The van der Waals surface area contributed by atoms with Crippen LogP contribution in [0.2, 0.25) is 0 Å². The zero-order valence-electron chi connectivity index (χ0n) is 18.3. The highest BCUT2D eigenvalue weighted by atomic mass is 32.2. The van der Waals surface area contributed by atoms with Gasteiger partial charge in [0.05, 0.1) is 10.6 Å². The maximum Gasteiger partial charge on any atom is 0.264 e. The number of sulfonamides is 1. The highest BCUT2D eigenvalue weighted by Crippen LogP contribution is 2.34. The average molecular weight is 453 g/mol. The summed E-state index contributed by atoms with van der Waals surface area (Å²) in [6, 6.07) is 14.1. The van der Waals surface area contributed by atoms with Crippen molar-refractivity contribution < 1.29 is 17.6 Å². The number of rotatable bonds is 4. The third-order valence-corrected chi connectivity index (χ3v) is 7.55. The largest absolute Gasteiger partial charge is 0.322 e. The molecule has 1 N–H and O–H groups in total. The van der Waals surface area contributed by atoms with Gasteiger partial charge in [-0.25, -0.2) is 12.8 Å². The van der Waals surface area contributed by atoms with E-state index in [1.165, 1.54) is 16.4 Å². The van der Waals surface area contributed by atoms with Crippen molar-refractivity contribution >= 4 is 27.3 Å². The summed E-state index contributed by atoms with van der Waals surface area (Å²) in [5.74, 6) is -0.724. The number of halogens is 1. The van der Waals surface area contributed by atoms with Crippen LogP contribution in [0.1, 0.15) is 39.0 Å². The molecule has 166 valence electrons. The lowest BCUT2D eigenvalue weighted by Crippen LogP contribution is -2.35. The molecule has 0 saturated heterocycles. The second-order valence-corrected chi connectivity index (χ2v) is 10.1. The SMILES string of the molecule is Cc1cc(C)c(C(=O)Nc2ccc3c(c2)N(S(=O)(=O)c2ccc(F)cc2)CCC3)c(C)c1. The molecule has 5 nitrogen and oxygen atoms in total. The Bertz CT molecular complexity index is 1280. The van der Waals surface area contributed by atoms with E-state index in [2.05, 4.69) is 5.32 Å². The summed E-state index contributed by atoms with van der Waals surface area (Å²) in [6.45, 7) is 6.11. The van der Waals surface area contributed by atoms with Gasteiger partial charge in [0.15, 0.2) is 0 Å². The Labute approximate surface area is 187 Å². The van der Waals surface area contributed by atoms with Crippen LogP contribution in [0.5, 0.6) is 0 Å². The Morgan fingerprint density at radius 1 is 0.969 bits per heavy atom. The number of hydrogen-bond donors (Lipinski definition) is 1. The van der Waals surface area contributed by atoms with Gasteiger partial charge in [-0.15, -0.1) is 0 Å². The number of anilines is 2.